The van der Waals surface area contributed by atoms with Crippen molar-refractivity contribution in [2.75, 3.05) is 13.1 Å². The summed E-state index contributed by atoms with van der Waals surface area (Å²) in [7, 11) is 0. The number of rotatable bonds is 5. The van der Waals surface area contributed by atoms with Gasteiger partial charge < -0.3 is 15.2 Å². The maximum absolute atomic E-state index is 13.0. The molecule has 1 aromatic carbocycles. The quantitative estimate of drug-likeness (QED) is 0.579. The van der Waals surface area contributed by atoms with Crippen LogP contribution in [0.1, 0.15) is 69.4 Å². The predicted molar refractivity (Wildman–Crippen MR) is 127 cm³/mol. The van der Waals surface area contributed by atoms with Gasteiger partial charge in [-0.15, -0.1) is 0 Å². The number of carbonyl (C=O) groups is 2. The SMILES string of the molecule is O=C1NC(CCCC(=O)N2CCC(n3c(=O)[nH]c4cc(C(F)(F)F)ccc43)CC2)NC2CCCCC12. The number of nitrogens with zero attached hydrogens (tertiary/aromatic N) is 2. The standard InChI is InChI=1S/C25H32F3N5O3/c26-25(27,28)15-8-9-20-19(14-15)30-24(36)33(20)16-10-12-32(13-11-16)22(34)7-3-6-21-29-18-5-2-1-4-17(18)23(35)31-21/h8-9,14,16-18,21,29H,1-7,10-13H2,(H,30,36)(H,31,35). The topological polar surface area (TPSA) is 99.2 Å². The van der Waals surface area contributed by atoms with E-state index in [0.717, 1.165) is 37.8 Å². The van der Waals surface area contributed by atoms with Gasteiger partial charge in [-0.3, -0.25) is 19.5 Å². The van der Waals surface area contributed by atoms with Gasteiger partial charge >= 0.3 is 11.9 Å². The van der Waals surface area contributed by atoms with Crippen LogP contribution in [0.2, 0.25) is 0 Å². The smallest absolute Gasteiger partial charge is 0.343 e. The van der Waals surface area contributed by atoms with Gasteiger partial charge in [0, 0.05) is 31.6 Å². The molecule has 0 spiro atoms. The highest BCUT2D eigenvalue weighted by Crippen LogP contribution is 2.32. The van der Waals surface area contributed by atoms with Gasteiger partial charge in [-0.25, -0.2) is 4.79 Å². The third-order valence-corrected chi connectivity index (χ3v) is 7.94. The van der Waals surface area contributed by atoms with E-state index in [0.29, 0.717) is 50.7 Å². The summed E-state index contributed by atoms with van der Waals surface area (Å²) < 4.78 is 40.6. The van der Waals surface area contributed by atoms with Crippen molar-refractivity contribution in [3.8, 4) is 0 Å². The van der Waals surface area contributed by atoms with Gasteiger partial charge in [0.05, 0.1) is 28.7 Å². The van der Waals surface area contributed by atoms with Crippen molar-refractivity contribution >= 4 is 22.8 Å². The summed E-state index contributed by atoms with van der Waals surface area (Å²) in [5.41, 5.74) is -0.627. The van der Waals surface area contributed by atoms with Crippen LogP contribution in [0.5, 0.6) is 0 Å². The van der Waals surface area contributed by atoms with E-state index in [9.17, 15) is 27.6 Å². The van der Waals surface area contributed by atoms with Crippen molar-refractivity contribution in [2.45, 2.75) is 82.2 Å². The summed E-state index contributed by atoms with van der Waals surface area (Å²) in [5, 5.41) is 6.59. The lowest BCUT2D eigenvalue weighted by Crippen LogP contribution is -2.62. The van der Waals surface area contributed by atoms with Crippen LogP contribution in [0, 0.1) is 5.92 Å². The molecule has 2 aromatic rings. The number of fused-ring (bicyclic) bond motifs is 2. The molecule has 2 amide bonds. The molecule has 0 bridgehead atoms. The van der Waals surface area contributed by atoms with E-state index in [1.54, 1.807) is 4.90 Å². The fourth-order valence-electron chi connectivity index (χ4n) is 6.04. The van der Waals surface area contributed by atoms with Gasteiger partial charge in [-0.2, -0.15) is 13.2 Å². The Balaban J connectivity index is 1.12. The molecule has 5 rings (SSSR count). The Hall–Kier alpha value is -2.82. The third-order valence-electron chi connectivity index (χ3n) is 7.94. The molecule has 2 aliphatic heterocycles. The Kier molecular flexibility index (Phi) is 6.84. The van der Waals surface area contributed by atoms with Crippen molar-refractivity contribution in [3.05, 3.63) is 34.2 Å². The van der Waals surface area contributed by atoms with Gasteiger partial charge in [0.1, 0.15) is 0 Å². The number of nitrogens with one attached hydrogen (secondary N) is 3. The Morgan fingerprint density at radius 3 is 2.56 bits per heavy atom. The Morgan fingerprint density at radius 1 is 1.06 bits per heavy atom. The number of piperidine rings is 1. The minimum absolute atomic E-state index is 0.0484. The number of hydrogen-bond donors (Lipinski definition) is 3. The molecular weight excluding hydrogens is 475 g/mol. The van der Waals surface area contributed by atoms with Crippen LogP contribution >= 0.6 is 0 Å². The maximum Gasteiger partial charge on any atom is 0.416 e. The number of benzene rings is 1. The highest BCUT2D eigenvalue weighted by molar-refractivity contribution is 5.80. The number of carbonyl (C=O) groups excluding carboxylic acids is 2. The van der Waals surface area contributed by atoms with E-state index >= 15 is 0 Å². The molecule has 1 saturated carbocycles. The second kappa shape index (κ2) is 9.91. The molecular formula is C25H32F3N5O3. The fraction of sp³-hybridized carbons (Fsp3) is 0.640. The van der Waals surface area contributed by atoms with Crippen LogP contribution < -0.4 is 16.3 Å². The van der Waals surface area contributed by atoms with Crippen molar-refractivity contribution < 1.29 is 22.8 Å². The number of amides is 2. The van der Waals surface area contributed by atoms with Crippen molar-refractivity contribution in [1.29, 1.82) is 0 Å². The summed E-state index contributed by atoms with van der Waals surface area (Å²) in [6, 6.07) is 3.34. The molecule has 3 fully saturated rings. The minimum Gasteiger partial charge on any atom is -0.343 e. The summed E-state index contributed by atoms with van der Waals surface area (Å²) in [6.07, 6.45) is 2.49. The van der Waals surface area contributed by atoms with E-state index in [-0.39, 0.29) is 41.5 Å². The summed E-state index contributed by atoms with van der Waals surface area (Å²) >= 11 is 0. The average molecular weight is 508 g/mol. The lowest BCUT2D eigenvalue weighted by Gasteiger charge is -2.40. The van der Waals surface area contributed by atoms with Crippen molar-refractivity contribution in [3.63, 3.8) is 0 Å². The third kappa shape index (κ3) is 5.02. The number of alkyl halides is 3. The Bertz CT molecular complexity index is 1180. The largest absolute Gasteiger partial charge is 0.416 e. The number of H-pyrrole nitrogens is 1. The summed E-state index contributed by atoms with van der Waals surface area (Å²) in [5.74, 6) is 0.237. The number of likely N-dealkylation sites (tertiary alicyclic amines) is 1. The van der Waals surface area contributed by atoms with E-state index < -0.39 is 17.4 Å². The number of imidazole rings is 1. The van der Waals surface area contributed by atoms with Crippen LogP contribution in [0.15, 0.2) is 23.0 Å². The zero-order valence-corrected chi connectivity index (χ0v) is 20.1. The first-order valence-corrected chi connectivity index (χ1v) is 12.9. The first-order valence-electron chi connectivity index (χ1n) is 12.9. The molecule has 3 atom stereocenters. The van der Waals surface area contributed by atoms with Crippen LogP contribution in [-0.2, 0) is 15.8 Å². The second-order valence-electron chi connectivity index (χ2n) is 10.3. The molecule has 196 valence electrons. The number of hydrogen-bond acceptors (Lipinski definition) is 4. The minimum atomic E-state index is -4.48. The molecule has 0 radical (unpaired) electrons. The number of aromatic nitrogens is 2. The predicted octanol–water partition coefficient (Wildman–Crippen LogP) is 3.29. The molecule has 2 saturated heterocycles. The monoisotopic (exact) mass is 507 g/mol. The van der Waals surface area contributed by atoms with Gasteiger partial charge in [0.2, 0.25) is 11.8 Å². The zero-order chi connectivity index (χ0) is 25.4. The first-order chi connectivity index (χ1) is 17.2. The van der Waals surface area contributed by atoms with E-state index in [2.05, 4.69) is 15.6 Å². The van der Waals surface area contributed by atoms with Gasteiger partial charge in [-0.1, -0.05) is 12.8 Å². The molecule has 3 unspecified atom stereocenters. The average Bonchev–Trinajstić information content (AvgIpc) is 3.18. The van der Waals surface area contributed by atoms with Crippen LogP contribution in [0.4, 0.5) is 13.2 Å². The summed E-state index contributed by atoms with van der Waals surface area (Å²) in [6.45, 7) is 0.983. The second-order valence-corrected chi connectivity index (χ2v) is 10.3. The van der Waals surface area contributed by atoms with E-state index in [1.807, 2.05) is 0 Å². The van der Waals surface area contributed by atoms with Crippen molar-refractivity contribution in [2.24, 2.45) is 5.92 Å². The highest BCUT2D eigenvalue weighted by atomic mass is 19.4. The molecule has 3 heterocycles. The Labute approximate surface area is 206 Å². The molecule has 8 nitrogen and oxygen atoms in total. The van der Waals surface area contributed by atoms with Crippen LogP contribution in [0.25, 0.3) is 11.0 Å². The molecule has 1 aromatic heterocycles. The maximum atomic E-state index is 13.0. The fourth-order valence-corrected chi connectivity index (χ4v) is 6.04. The van der Waals surface area contributed by atoms with Gasteiger partial charge in [-0.05, 0) is 56.7 Å². The highest BCUT2D eigenvalue weighted by Gasteiger charge is 2.37. The summed E-state index contributed by atoms with van der Waals surface area (Å²) in [4.78, 5) is 42.0. The molecule has 11 heteroatoms. The zero-order valence-electron chi connectivity index (χ0n) is 20.1. The Morgan fingerprint density at radius 2 is 1.81 bits per heavy atom. The van der Waals surface area contributed by atoms with Crippen LogP contribution in [0.3, 0.4) is 0 Å². The van der Waals surface area contributed by atoms with E-state index in [1.165, 1.54) is 10.6 Å². The normalized spacial score (nSPS) is 25.6. The number of halogens is 3. The molecule has 36 heavy (non-hydrogen) atoms. The molecule has 3 N–H and O–H groups in total. The first kappa shape index (κ1) is 24.9. The lowest BCUT2D eigenvalue weighted by molar-refractivity contribution is -0.137. The van der Waals surface area contributed by atoms with E-state index in [4.69, 9.17) is 0 Å². The van der Waals surface area contributed by atoms with Crippen LogP contribution in [-0.4, -0.2) is 51.6 Å². The molecule has 3 aliphatic rings. The van der Waals surface area contributed by atoms with Gasteiger partial charge in [0.15, 0.2) is 0 Å². The van der Waals surface area contributed by atoms with Crippen molar-refractivity contribution in [1.82, 2.24) is 25.1 Å². The molecule has 1 aliphatic carbocycles. The van der Waals surface area contributed by atoms with Gasteiger partial charge in [0.25, 0.3) is 0 Å². The number of aromatic amines is 1. The lowest BCUT2D eigenvalue weighted by atomic mass is 9.82.